The van der Waals surface area contributed by atoms with Gasteiger partial charge in [0.15, 0.2) is 0 Å². The molecular formula is C42H62O. The fraction of sp³-hybridized carbons (Fsp3) is 0.571. The number of aromatic hydroxyl groups is 1. The molecule has 0 saturated carbocycles. The van der Waals surface area contributed by atoms with Gasteiger partial charge >= 0.3 is 0 Å². The zero-order valence-electron chi connectivity index (χ0n) is 28.6. The van der Waals surface area contributed by atoms with E-state index in [0.717, 1.165) is 31.2 Å². The van der Waals surface area contributed by atoms with Crippen LogP contribution in [-0.4, -0.2) is 5.11 Å². The Bertz CT molecular complexity index is 1220. The summed E-state index contributed by atoms with van der Waals surface area (Å²) in [6, 6.07) is 24.3. The van der Waals surface area contributed by atoms with Gasteiger partial charge in [-0.2, -0.15) is 0 Å². The number of unbranched alkanes of at least 4 members (excludes halogenated alkanes) is 10. The third kappa shape index (κ3) is 10.8. The molecule has 0 amide bonds. The first-order valence-corrected chi connectivity index (χ1v) is 17.7. The number of benzene rings is 3. The number of hydrogen-bond donors (Lipinski definition) is 1. The third-order valence-electron chi connectivity index (χ3n) is 9.59. The van der Waals surface area contributed by atoms with Crippen LogP contribution in [0.3, 0.4) is 0 Å². The lowest BCUT2D eigenvalue weighted by Gasteiger charge is -2.32. The maximum atomic E-state index is 11.2. The Balaban J connectivity index is 1.77. The standard InChI is InChI=1S/C42H62O/c1-7-9-11-13-15-17-24-34-26-19-21-29-38(34)41(3,4)32-36-28-23-31-40(43)37(36)33-42(5,6)39-30-22-20-27-35(39)25-18-16-14-12-10-8-2/h19-23,26-31,43H,7-18,24-25,32-33H2,1-6H3. The van der Waals surface area contributed by atoms with E-state index in [4.69, 9.17) is 0 Å². The lowest BCUT2D eigenvalue weighted by atomic mass is 9.72. The van der Waals surface area contributed by atoms with E-state index in [-0.39, 0.29) is 10.8 Å². The van der Waals surface area contributed by atoms with E-state index in [1.807, 2.05) is 12.1 Å². The van der Waals surface area contributed by atoms with Crippen molar-refractivity contribution in [3.8, 4) is 5.75 Å². The van der Waals surface area contributed by atoms with Gasteiger partial charge in [0.2, 0.25) is 0 Å². The van der Waals surface area contributed by atoms with Crippen molar-refractivity contribution >= 4 is 0 Å². The molecule has 0 unspecified atom stereocenters. The van der Waals surface area contributed by atoms with Crippen molar-refractivity contribution < 1.29 is 5.11 Å². The lowest BCUT2D eigenvalue weighted by Crippen LogP contribution is -2.26. The topological polar surface area (TPSA) is 20.2 Å². The maximum Gasteiger partial charge on any atom is 0.119 e. The molecule has 0 atom stereocenters. The van der Waals surface area contributed by atoms with E-state index in [0.29, 0.717) is 5.75 Å². The molecule has 0 aliphatic heterocycles. The van der Waals surface area contributed by atoms with E-state index in [1.165, 1.54) is 105 Å². The molecule has 0 bridgehead atoms. The fourth-order valence-electron chi connectivity index (χ4n) is 7.09. The largest absolute Gasteiger partial charge is 0.508 e. The van der Waals surface area contributed by atoms with Crippen molar-refractivity contribution in [2.75, 3.05) is 0 Å². The fourth-order valence-corrected chi connectivity index (χ4v) is 7.09. The van der Waals surface area contributed by atoms with Crippen LogP contribution in [0.2, 0.25) is 0 Å². The summed E-state index contributed by atoms with van der Waals surface area (Å²) >= 11 is 0. The van der Waals surface area contributed by atoms with E-state index in [9.17, 15) is 5.11 Å². The van der Waals surface area contributed by atoms with E-state index in [2.05, 4.69) is 96.1 Å². The number of hydrogen-bond acceptors (Lipinski definition) is 1. The van der Waals surface area contributed by atoms with Gasteiger partial charge in [0.05, 0.1) is 0 Å². The second-order valence-corrected chi connectivity index (χ2v) is 14.4. The van der Waals surface area contributed by atoms with Gasteiger partial charge in [-0.25, -0.2) is 0 Å². The van der Waals surface area contributed by atoms with Crippen molar-refractivity contribution in [3.63, 3.8) is 0 Å². The Kier molecular flexibility index (Phi) is 14.4. The van der Waals surface area contributed by atoms with Crippen LogP contribution >= 0.6 is 0 Å². The number of phenols is 1. The summed E-state index contributed by atoms with van der Waals surface area (Å²) in [5.74, 6) is 0.440. The van der Waals surface area contributed by atoms with Gasteiger partial charge in [-0.05, 0) is 88.8 Å². The van der Waals surface area contributed by atoms with Gasteiger partial charge < -0.3 is 5.11 Å². The highest BCUT2D eigenvalue weighted by Crippen LogP contribution is 2.38. The van der Waals surface area contributed by atoms with Crippen LogP contribution in [0.25, 0.3) is 0 Å². The molecule has 0 aliphatic carbocycles. The Morgan fingerprint density at radius 2 is 0.884 bits per heavy atom. The number of aryl methyl sites for hydroxylation is 2. The van der Waals surface area contributed by atoms with Crippen LogP contribution in [0, 0.1) is 0 Å². The summed E-state index contributed by atoms with van der Waals surface area (Å²) in [5.41, 5.74) is 8.15. The van der Waals surface area contributed by atoms with Crippen molar-refractivity contribution in [2.45, 2.75) is 155 Å². The molecule has 0 fully saturated rings. The molecule has 1 N–H and O–H groups in total. The minimum atomic E-state index is -0.0772. The van der Waals surface area contributed by atoms with Crippen LogP contribution in [0.15, 0.2) is 66.7 Å². The molecule has 0 spiro atoms. The first-order chi connectivity index (χ1) is 20.7. The Morgan fingerprint density at radius 1 is 0.465 bits per heavy atom. The zero-order chi connectivity index (χ0) is 31.1. The Hall–Kier alpha value is -2.54. The van der Waals surface area contributed by atoms with Crippen LogP contribution in [0.1, 0.15) is 152 Å². The Morgan fingerprint density at radius 3 is 1.40 bits per heavy atom. The van der Waals surface area contributed by atoms with Gasteiger partial charge in [0.1, 0.15) is 5.75 Å². The molecule has 3 rings (SSSR count). The summed E-state index contributed by atoms with van der Waals surface area (Å²) in [6.07, 6.45) is 19.9. The maximum absolute atomic E-state index is 11.2. The molecule has 0 aromatic heterocycles. The van der Waals surface area contributed by atoms with E-state index >= 15 is 0 Å². The summed E-state index contributed by atoms with van der Waals surface area (Å²) < 4.78 is 0. The molecule has 1 heteroatoms. The first kappa shape index (κ1) is 34.9. The van der Waals surface area contributed by atoms with E-state index < -0.39 is 0 Å². The predicted molar refractivity (Wildman–Crippen MR) is 189 cm³/mol. The summed E-state index contributed by atoms with van der Waals surface area (Å²) in [6.45, 7) is 14.1. The summed E-state index contributed by atoms with van der Waals surface area (Å²) in [4.78, 5) is 0. The first-order valence-electron chi connectivity index (χ1n) is 17.7. The molecule has 0 saturated heterocycles. The quantitative estimate of drug-likeness (QED) is 0.131. The van der Waals surface area contributed by atoms with Crippen LogP contribution in [-0.2, 0) is 36.5 Å². The van der Waals surface area contributed by atoms with Crippen molar-refractivity contribution in [2.24, 2.45) is 0 Å². The normalized spacial score (nSPS) is 12.1. The lowest BCUT2D eigenvalue weighted by molar-refractivity contribution is 0.442. The second-order valence-electron chi connectivity index (χ2n) is 14.4. The van der Waals surface area contributed by atoms with Crippen molar-refractivity contribution in [1.82, 2.24) is 0 Å². The van der Waals surface area contributed by atoms with Crippen LogP contribution < -0.4 is 0 Å². The van der Waals surface area contributed by atoms with Gasteiger partial charge in [-0.1, -0.05) is 166 Å². The Labute approximate surface area is 265 Å². The number of rotatable bonds is 20. The van der Waals surface area contributed by atoms with Gasteiger partial charge in [0, 0.05) is 0 Å². The third-order valence-corrected chi connectivity index (χ3v) is 9.59. The molecule has 1 nitrogen and oxygen atoms in total. The van der Waals surface area contributed by atoms with Crippen LogP contribution in [0.4, 0.5) is 0 Å². The highest BCUT2D eigenvalue weighted by atomic mass is 16.3. The minimum absolute atomic E-state index is 0.0266. The molecule has 43 heavy (non-hydrogen) atoms. The summed E-state index contributed by atoms with van der Waals surface area (Å²) in [7, 11) is 0. The van der Waals surface area contributed by atoms with Gasteiger partial charge in [0.25, 0.3) is 0 Å². The molecule has 0 aliphatic rings. The SMILES string of the molecule is CCCCCCCCc1ccccc1C(C)(C)Cc1cccc(O)c1CC(C)(C)c1ccccc1CCCCCCCC. The second kappa shape index (κ2) is 17.7. The molecule has 3 aromatic rings. The highest BCUT2D eigenvalue weighted by molar-refractivity contribution is 5.45. The van der Waals surface area contributed by atoms with Crippen molar-refractivity contribution in [3.05, 3.63) is 100 Å². The highest BCUT2D eigenvalue weighted by Gasteiger charge is 2.29. The molecule has 0 heterocycles. The van der Waals surface area contributed by atoms with Crippen molar-refractivity contribution in [1.29, 1.82) is 0 Å². The zero-order valence-corrected chi connectivity index (χ0v) is 28.6. The number of phenolic OH excluding ortho intramolecular Hbond substituents is 1. The van der Waals surface area contributed by atoms with Gasteiger partial charge in [-0.15, -0.1) is 0 Å². The molecule has 236 valence electrons. The molecular weight excluding hydrogens is 520 g/mol. The molecule has 3 aromatic carbocycles. The average molecular weight is 583 g/mol. The molecule has 0 radical (unpaired) electrons. The van der Waals surface area contributed by atoms with E-state index in [1.54, 1.807) is 0 Å². The summed E-state index contributed by atoms with van der Waals surface area (Å²) in [5, 5.41) is 11.2. The minimum Gasteiger partial charge on any atom is -0.508 e. The predicted octanol–water partition coefficient (Wildman–Crippen LogP) is 12.2. The van der Waals surface area contributed by atoms with Gasteiger partial charge in [-0.3, -0.25) is 0 Å². The average Bonchev–Trinajstić information content (AvgIpc) is 2.98. The van der Waals surface area contributed by atoms with Crippen LogP contribution in [0.5, 0.6) is 5.75 Å². The smallest absolute Gasteiger partial charge is 0.119 e. The monoisotopic (exact) mass is 582 g/mol.